The zero-order chi connectivity index (χ0) is 22.7. The molecule has 160 valence electrons. The van der Waals surface area contributed by atoms with E-state index < -0.39 is 17.8 Å². The SMILES string of the molecule is Cc1ccc(COc2ccccc2/C=C2/C(=O)NC(=O)N(c3ccc(Cl)cc3)C2=O)cc1. The van der Waals surface area contributed by atoms with Crippen LogP contribution in [-0.2, 0) is 16.2 Å². The highest BCUT2D eigenvalue weighted by atomic mass is 35.5. The van der Waals surface area contributed by atoms with Gasteiger partial charge in [0.1, 0.15) is 17.9 Å². The van der Waals surface area contributed by atoms with Crippen LogP contribution in [0.3, 0.4) is 0 Å². The first kappa shape index (κ1) is 21.3. The molecule has 4 rings (SSSR count). The number of carbonyl (C=O) groups excluding carboxylic acids is 3. The number of benzene rings is 3. The van der Waals surface area contributed by atoms with Gasteiger partial charge in [0.2, 0.25) is 0 Å². The molecule has 4 amide bonds. The summed E-state index contributed by atoms with van der Waals surface area (Å²) in [4.78, 5) is 38.8. The predicted octanol–water partition coefficient (Wildman–Crippen LogP) is 4.89. The summed E-state index contributed by atoms with van der Waals surface area (Å²) in [5, 5.41) is 2.67. The average molecular weight is 447 g/mol. The second-order valence-electron chi connectivity index (χ2n) is 7.25. The Morgan fingerprint density at radius 1 is 0.938 bits per heavy atom. The highest BCUT2D eigenvalue weighted by Gasteiger charge is 2.36. The number of nitrogens with one attached hydrogen (secondary N) is 1. The summed E-state index contributed by atoms with van der Waals surface area (Å²) in [7, 11) is 0. The van der Waals surface area contributed by atoms with E-state index in [0.29, 0.717) is 28.6 Å². The summed E-state index contributed by atoms with van der Waals surface area (Å²) >= 11 is 5.90. The topological polar surface area (TPSA) is 75.7 Å². The lowest BCUT2D eigenvalue weighted by atomic mass is 10.1. The molecule has 0 bridgehead atoms. The van der Waals surface area contributed by atoms with Crippen LogP contribution in [0, 0.1) is 6.92 Å². The van der Waals surface area contributed by atoms with Gasteiger partial charge in [0.05, 0.1) is 5.69 Å². The Kier molecular flexibility index (Phi) is 6.05. The molecule has 1 aliphatic heterocycles. The van der Waals surface area contributed by atoms with E-state index in [1.165, 1.54) is 18.2 Å². The van der Waals surface area contributed by atoms with Crippen molar-refractivity contribution < 1.29 is 19.1 Å². The number of barbiturate groups is 1. The van der Waals surface area contributed by atoms with E-state index in [0.717, 1.165) is 16.0 Å². The van der Waals surface area contributed by atoms with Gasteiger partial charge in [-0.3, -0.25) is 14.9 Å². The fourth-order valence-electron chi connectivity index (χ4n) is 3.21. The summed E-state index contributed by atoms with van der Waals surface area (Å²) < 4.78 is 5.94. The van der Waals surface area contributed by atoms with Crippen molar-refractivity contribution in [3.8, 4) is 5.75 Å². The first-order chi connectivity index (χ1) is 15.4. The number of para-hydroxylation sites is 1. The van der Waals surface area contributed by atoms with Crippen molar-refractivity contribution in [2.75, 3.05) is 4.90 Å². The number of aryl methyl sites for hydroxylation is 1. The van der Waals surface area contributed by atoms with Crippen molar-refractivity contribution in [2.45, 2.75) is 13.5 Å². The minimum atomic E-state index is -0.816. The van der Waals surface area contributed by atoms with Crippen molar-refractivity contribution in [3.63, 3.8) is 0 Å². The van der Waals surface area contributed by atoms with Crippen LogP contribution < -0.4 is 15.0 Å². The van der Waals surface area contributed by atoms with Gasteiger partial charge < -0.3 is 4.74 Å². The third kappa shape index (κ3) is 4.55. The van der Waals surface area contributed by atoms with Crippen LogP contribution in [0.4, 0.5) is 10.5 Å². The van der Waals surface area contributed by atoms with E-state index >= 15 is 0 Å². The molecule has 1 saturated heterocycles. The number of ether oxygens (including phenoxy) is 1. The molecule has 0 aromatic heterocycles. The molecular formula is C25H19ClN2O4. The average Bonchev–Trinajstić information content (AvgIpc) is 2.78. The number of rotatable bonds is 5. The molecule has 1 N–H and O–H groups in total. The number of halogens is 1. The van der Waals surface area contributed by atoms with Gasteiger partial charge in [-0.1, -0.05) is 59.6 Å². The maximum absolute atomic E-state index is 13.1. The number of imide groups is 2. The molecule has 1 heterocycles. The van der Waals surface area contributed by atoms with Crippen LogP contribution in [0.5, 0.6) is 5.75 Å². The smallest absolute Gasteiger partial charge is 0.335 e. The van der Waals surface area contributed by atoms with E-state index in [1.54, 1.807) is 36.4 Å². The Hall–Kier alpha value is -3.90. The van der Waals surface area contributed by atoms with Crippen LogP contribution in [0.15, 0.2) is 78.4 Å². The Bertz CT molecular complexity index is 1220. The molecule has 0 saturated carbocycles. The predicted molar refractivity (Wildman–Crippen MR) is 122 cm³/mol. The number of hydrogen-bond donors (Lipinski definition) is 1. The monoisotopic (exact) mass is 446 g/mol. The van der Waals surface area contributed by atoms with Gasteiger partial charge in [-0.05, 0) is 48.9 Å². The van der Waals surface area contributed by atoms with E-state index in [9.17, 15) is 14.4 Å². The Morgan fingerprint density at radius 2 is 1.62 bits per heavy atom. The molecule has 1 aliphatic rings. The summed E-state index contributed by atoms with van der Waals surface area (Å²) in [6, 6.07) is 20.4. The molecule has 0 spiro atoms. The van der Waals surface area contributed by atoms with Crippen LogP contribution in [-0.4, -0.2) is 17.8 Å². The Balaban J connectivity index is 1.62. The molecule has 0 aliphatic carbocycles. The summed E-state index contributed by atoms with van der Waals surface area (Å²) in [6.45, 7) is 2.34. The summed E-state index contributed by atoms with van der Waals surface area (Å²) in [5.74, 6) is -0.982. The lowest BCUT2D eigenvalue weighted by Crippen LogP contribution is -2.54. The highest BCUT2D eigenvalue weighted by Crippen LogP contribution is 2.26. The Labute approximate surface area is 190 Å². The van der Waals surface area contributed by atoms with Crippen LogP contribution in [0.2, 0.25) is 5.02 Å². The second kappa shape index (κ2) is 9.08. The lowest BCUT2D eigenvalue weighted by molar-refractivity contribution is -0.122. The van der Waals surface area contributed by atoms with Crippen molar-refractivity contribution in [1.82, 2.24) is 5.32 Å². The minimum absolute atomic E-state index is 0.175. The molecule has 7 heteroatoms. The van der Waals surface area contributed by atoms with E-state index in [4.69, 9.17) is 16.3 Å². The van der Waals surface area contributed by atoms with Crippen molar-refractivity contribution in [3.05, 3.63) is 100 Å². The van der Waals surface area contributed by atoms with Crippen LogP contribution in [0.25, 0.3) is 6.08 Å². The quantitative estimate of drug-likeness (QED) is 0.447. The zero-order valence-electron chi connectivity index (χ0n) is 17.2. The Morgan fingerprint density at radius 3 is 2.34 bits per heavy atom. The van der Waals surface area contributed by atoms with E-state index in [2.05, 4.69) is 5.32 Å². The third-order valence-electron chi connectivity index (χ3n) is 4.92. The van der Waals surface area contributed by atoms with Gasteiger partial charge in [-0.15, -0.1) is 0 Å². The molecule has 32 heavy (non-hydrogen) atoms. The molecular weight excluding hydrogens is 428 g/mol. The molecule has 0 atom stereocenters. The van der Waals surface area contributed by atoms with Crippen molar-refractivity contribution >= 4 is 41.2 Å². The maximum atomic E-state index is 13.1. The third-order valence-corrected chi connectivity index (χ3v) is 5.17. The van der Waals surface area contributed by atoms with Gasteiger partial charge in [-0.25, -0.2) is 9.69 Å². The molecule has 6 nitrogen and oxygen atoms in total. The first-order valence-corrected chi connectivity index (χ1v) is 10.2. The van der Waals surface area contributed by atoms with Gasteiger partial charge in [0.15, 0.2) is 0 Å². The van der Waals surface area contributed by atoms with E-state index in [-0.39, 0.29) is 5.57 Å². The fourth-order valence-corrected chi connectivity index (χ4v) is 3.34. The standard InChI is InChI=1S/C25H19ClN2O4/c1-16-6-8-17(9-7-16)15-32-22-5-3-2-4-18(22)14-21-23(29)27-25(31)28(24(21)30)20-12-10-19(26)11-13-20/h2-14H,15H2,1H3,(H,27,29,31)/b21-14-. The fraction of sp³-hybridized carbons (Fsp3) is 0.0800. The molecule has 3 aromatic rings. The van der Waals surface area contributed by atoms with Crippen molar-refractivity contribution in [2.24, 2.45) is 0 Å². The number of carbonyl (C=O) groups is 3. The van der Waals surface area contributed by atoms with Gasteiger partial charge in [0, 0.05) is 10.6 Å². The van der Waals surface area contributed by atoms with E-state index in [1.807, 2.05) is 31.2 Å². The second-order valence-corrected chi connectivity index (χ2v) is 7.68. The molecule has 3 aromatic carbocycles. The number of urea groups is 1. The van der Waals surface area contributed by atoms with Gasteiger partial charge >= 0.3 is 6.03 Å². The number of amides is 4. The maximum Gasteiger partial charge on any atom is 0.335 e. The molecule has 0 radical (unpaired) electrons. The normalized spacial score (nSPS) is 15.1. The van der Waals surface area contributed by atoms with Crippen LogP contribution >= 0.6 is 11.6 Å². The number of nitrogens with zero attached hydrogens (tertiary/aromatic N) is 1. The van der Waals surface area contributed by atoms with Gasteiger partial charge in [-0.2, -0.15) is 0 Å². The molecule has 0 unspecified atom stereocenters. The van der Waals surface area contributed by atoms with Gasteiger partial charge in [0.25, 0.3) is 11.8 Å². The minimum Gasteiger partial charge on any atom is -0.488 e. The molecule has 1 fully saturated rings. The van der Waals surface area contributed by atoms with Crippen LogP contribution in [0.1, 0.15) is 16.7 Å². The lowest BCUT2D eigenvalue weighted by Gasteiger charge is -2.26. The number of anilines is 1. The summed E-state index contributed by atoms with van der Waals surface area (Å²) in [5.41, 5.74) is 2.82. The zero-order valence-corrected chi connectivity index (χ0v) is 17.9. The first-order valence-electron chi connectivity index (χ1n) is 9.87. The highest BCUT2D eigenvalue weighted by molar-refractivity contribution is 6.39. The van der Waals surface area contributed by atoms with Crippen molar-refractivity contribution in [1.29, 1.82) is 0 Å². The number of hydrogen-bond acceptors (Lipinski definition) is 4. The summed E-state index contributed by atoms with van der Waals surface area (Å²) in [6.07, 6.45) is 1.43. The largest absolute Gasteiger partial charge is 0.488 e.